The van der Waals surface area contributed by atoms with Crippen molar-refractivity contribution in [1.82, 2.24) is 4.98 Å². The molecule has 1 saturated heterocycles. The summed E-state index contributed by atoms with van der Waals surface area (Å²) >= 11 is 0.971. The van der Waals surface area contributed by atoms with E-state index in [9.17, 15) is 18.0 Å². The maximum atomic E-state index is 12.4. The van der Waals surface area contributed by atoms with Gasteiger partial charge in [-0.3, -0.25) is 4.79 Å². The first-order valence-corrected chi connectivity index (χ1v) is 6.33. The van der Waals surface area contributed by atoms with Gasteiger partial charge in [-0.05, 0) is 12.8 Å². The number of primary amides is 1. The minimum absolute atomic E-state index is 0.178. The van der Waals surface area contributed by atoms with E-state index in [0.717, 1.165) is 16.7 Å². The largest absolute Gasteiger partial charge is 0.434 e. The van der Waals surface area contributed by atoms with Gasteiger partial charge >= 0.3 is 6.18 Å². The normalized spacial score (nSPS) is 18.1. The summed E-state index contributed by atoms with van der Waals surface area (Å²) in [6.45, 7) is 1.02. The van der Waals surface area contributed by atoms with Crippen LogP contribution in [0, 0.1) is 5.92 Å². The number of piperidine rings is 1. The van der Waals surface area contributed by atoms with Crippen LogP contribution in [-0.4, -0.2) is 24.0 Å². The molecular formula is C10H12F3N3OS. The Morgan fingerprint density at radius 1 is 1.44 bits per heavy atom. The zero-order valence-electron chi connectivity index (χ0n) is 9.41. The van der Waals surface area contributed by atoms with E-state index in [4.69, 9.17) is 5.73 Å². The van der Waals surface area contributed by atoms with Crippen LogP contribution in [0.3, 0.4) is 0 Å². The lowest BCUT2D eigenvalue weighted by atomic mass is 9.97. The molecule has 1 amide bonds. The first-order chi connectivity index (χ1) is 8.38. The second kappa shape index (κ2) is 4.75. The van der Waals surface area contributed by atoms with Crippen molar-refractivity contribution in [2.24, 2.45) is 11.7 Å². The van der Waals surface area contributed by atoms with Gasteiger partial charge in [-0.2, -0.15) is 13.2 Å². The van der Waals surface area contributed by atoms with Crippen LogP contribution in [0.5, 0.6) is 0 Å². The molecule has 8 heteroatoms. The van der Waals surface area contributed by atoms with Crippen molar-refractivity contribution in [2.75, 3.05) is 18.0 Å². The second-order valence-corrected chi connectivity index (χ2v) is 5.01. The number of hydrogen-bond acceptors (Lipinski definition) is 4. The van der Waals surface area contributed by atoms with Gasteiger partial charge in [0.05, 0.1) is 0 Å². The fourth-order valence-electron chi connectivity index (χ4n) is 1.90. The third-order valence-corrected chi connectivity index (χ3v) is 3.85. The molecule has 0 atom stereocenters. The Balaban J connectivity index is 2.02. The first-order valence-electron chi connectivity index (χ1n) is 5.45. The van der Waals surface area contributed by atoms with Gasteiger partial charge < -0.3 is 10.6 Å². The molecule has 2 heterocycles. The van der Waals surface area contributed by atoms with Gasteiger partial charge in [0.1, 0.15) is 0 Å². The molecule has 1 aliphatic heterocycles. The molecule has 0 aromatic carbocycles. The van der Waals surface area contributed by atoms with E-state index in [-0.39, 0.29) is 11.8 Å². The quantitative estimate of drug-likeness (QED) is 0.899. The highest BCUT2D eigenvalue weighted by Crippen LogP contribution is 2.34. The molecule has 1 aromatic heterocycles. The lowest BCUT2D eigenvalue weighted by Crippen LogP contribution is -2.38. The summed E-state index contributed by atoms with van der Waals surface area (Å²) in [6.07, 6.45) is -3.27. The number of nitrogens with two attached hydrogens (primary N) is 1. The highest BCUT2D eigenvalue weighted by molar-refractivity contribution is 7.13. The van der Waals surface area contributed by atoms with Crippen molar-refractivity contribution in [3.63, 3.8) is 0 Å². The number of amides is 1. The summed E-state index contributed by atoms with van der Waals surface area (Å²) in [5.74, 6) is -0.520. The molecule has 0 saturated carbocycles. The molecule has 1 aliphatic rings. The third kappa shape index (κ3) is 2.74. The Bertz CT molecular complexity index is 438. The van der Waals surface area contributed by atoms with Crippen LogP contribution in [0.1, 0.15) is 18.5 Å². The number of carbonyl (C=O) groups excluding carboxylic acids is 1. The van der Waals surface area contributed by atoms with Crippen molar-refractivity contribution in [1.29, 1.82) is 0 Å². The van der Waals surface area contributed by atoms with Crippen molar-refractivity contribution in [3.05, 3.63) is 11.1 Å². The predicted molar refractivity (Wildman–Crippen MR) is 61.2 cm³/mol. The number of thiazole rings is 1. The Kier molecular flexibility index (Phi) is 3.47. The lowest BCUT2D eigenvalue weighted by Gasteiger charge is -2.30. The Labute approximate surface area is 106 Å². The average Bonchev–Trinajstić information content (AvgIpc) is 2.78. The fraction of sp³-hybridized carbons (Fsp3) is 0.600. The monoisotopic (exact) mass is 279 g/mol. The molecule has 2 rings (SSSR count). The smallest absolute Gasteiger partial charge is 0.369 e. The van der Waals surface area contributed by atoms with Gasteiger partial charge in [0.2, 0.25) is 5.91 Å². The van der Waals surface area contributed by atoms with Crippen LogP contribution in [0.2, 0.25) is 0 Å². The molecule has 1 fully saturated rings. The van der Waals surface area contributed by atoms with Gasteiger partial charge in [-0.1, -0.05) is 0 Å². The van der Waals surface area contributed by atoms with E-state index in [0.29, 0.717) is 31.1 Å². The zero-order valence-corrected chi connectivity index (χ0v) is 10.2. The second-order valence-electron chi connectivity index (χ2n) is 4.18. The molecule has 0 unspecified atom stereocenters. The molecular weight excluding hydrogens is 267 g/mol. The predicted octanol–water partition coefficient (Wildman–Crippen LogP) is 1.86. The third-order valence-electron chi connectivity index (χ3n) is 2.95. The fourth-order valence-corrected chi connectivity index (χ4v) is 2.78. The molecule has 0 aliphatic carbocycles. The summed E-state index contributed by atoms with van der Waals surface area (Å²) in [6, 6.07) is 0. The van der Waals surface area contributed by atoms with E-state index in [2.05, 4.69) is 4.98 Å². The van der Waals surface area contributed by atoms with Gasteiger partial charge in [-0.15, -0.1) is 11.3 Å². The van der Waals surface area contributed by atoms with E-state index in [1.54, 1.807) is 4.90 Å². The van der Waals surface area contributed by atoms with E-state index in [1.807, 2.05) is 0 Å². The number of nitrogens with zero attached hydrogens (tertiary/aromatic N) is 2. The number of halogens is 3. The molecule has 0 bridgehead atoms. The van der Waals surface area contributed by atoms with E-state index in [1.165, 1.54) is 0 Å². The number of rotatable bonds is 2. The first kappa shape index (κ1) is 13.1. The van der Waals surface area contributed by atoms with E-state index < -0.39 is 11.9 Å². The van der Waals surface area contributed by atoms with Gasteiger partial charge in [0, 0.05) is 24.4 Å². The minimum Gasteiger partial charge on any atom is -0.369 e. The Hall–Kier alpha value is -1.31. The molecule has 100 valence electrons. The number of aromatic nitrogens is 1. The summed E-state index contributed by atoms with van der Waals surface area (Å²) in [5, 5.41) is 1.36. The molecule has 18 heavy (non-hydrogen) atoms. The SMILES string of the molecule is NC(=O)C1CCN(c2nc(C(F)(F)F)cs2)CC1. The molecule has 4 nitrogen and oxygen atoms in total. The van der Waals surface area contributed by atoms with Crippen molar-refractivity contribution in [3.8, 4) is 0 Å². The Morgan fingerprint density at radius 2 is 2.06 bits per heavy atom. The van der Waals surface area contributed by atoms with E-state index >= 15 is 0 Å². The highest BCUT2D eigenvalue weighted by atomic mass is 32.1. The van der Waals surface area contributed by atoms with Crippen LogP contribution >= 0.6 is 11.3 Å². The van der Waals surface area contributed by atoms with Gasteiger partial charge in [0.25, 0.3) is 0 Å². The average molecular weight is 279 g/mol. The maximum absolute atomic E-state index is 12.4. The van der Waals surface area contributed by atoms with Crippen LogP contribution < -0.4 is 10.6 Å². The highest BCUT2D eigenvalue weighted by Gasteiger charge is 2.34. The molecule has 2 N–H and O–H groups in total. The van der Waals surface area contributed by atoms with Crippen molar-refractivity contribution >= 4 is 22.4 Å². The Morgan fingerprint density at radius 3 is 2.50 bits per heavy atom. The van der Waals surface area contributed by atoms with Crippen LogP contribution in [0.25, 0.3) is 0 Å². The molecule has 0 radical (unpaired) electrons. The van der Waals surface area contributed by atoms with Crippen LogP contribution in [0.15, 0.2) is 5.38 Å². The molecule has 0 spiro atoms. The molecule has 1 aromatic rings. The van der Waals surface area contributed by atoms with Gasteiger partial charge in [0.15, 0.2) is 10.8 Å². The number of hydrogen-bond donors (Lipinski definition) is 1. The maximum Gasteiger partial charge on any atom is 0.434 e. The number of carbonyl (C=O) groups is 1. The number of anilines is 1. The minimum atomic E-state index is -4.40. The summed E-state index contributed by atoms with van der Waals surface area (Å²) in [7, 11) is 0. The summed E-state index contributed by atoms with van der Waals surface area (Å²) in [5.41, 5.74) is 4.33. The standard InChI is InChI=1S/C10H12F3N3OS/c11-10(12,13)7-5-18-9(15-7)16-3-1-6(2-4-16)8(14)17/h5-6H,1-4H2,(H2,14,17). The topological polar surface area (TPSA) is 59.2 Å². The summed E-state index contributed by atoms with van der Waals surface area (Å²) < 4.78 is 37.2. The summed E-state index contributed by atoms with van der Waals surface area (Å²) in [4.78, 5) is 16.3. The van der Waals surface area contributed by atoms with Crippen molar-refractivity contribution in [2.45, 2.75) is 19.0 Å². The lowest BCUT2D eigenvalue weighted by molar-refractivity contribution is -0.140. The van der Waals surface area contributed by atoms with Crippen molar-refractivity contribution < 1.29 is 18.0 Å². The van der Waals surface area contributed by atoms with Crippen LogP contribution in [0.4, 0.5) is 18.3 Å². The number of alkyl halides is 3. The van der Waals surface area contributed by atoms with Crippen LogP contribution in [-0.2, 0) is 11.0 Å². The van der Waals surface area contributed by atoms with Gasteiger partial charge in [-0.25, -0.2) is 4.98 Å². The zero-order chi connectivity index (χ0) is 13.3.